The molecule has 1 aliphatic carbocycles. The van der Waals surface area contributed by atoms with Crippen LogP contribution in [-0.4, -0.2) is 21.8 Å². The van der Waals surface area contributed by atoms with Crippen molar-refractivity contribution in [2.75, 3.05) is 0 Å². The van der Waals surface area contributed by atoms with E-state index in [2.05, 4.69) is 4.98 Å². The maximum atomic E-state index is 11.1. The summed E-state index contributed by atoms with van der Waals surface area (Å²) in [7, 11) is 0. The highest BCUT2D eigenvalue weighted by atomic mass is 16.4. The molecule has 0 aliphatic heterocycles. The van der Waals surface area contributed by atoms with Gasteiger partial charge in [-0.05, 0) is 12.5 Å². The standard InChI is InChI=1S/C8H7NO3/c10-7-2-1-5-4(7)3-6(9-5)8(11)12/h3,9H,1-2H2,(H,11,12). The van der Waals surface area contributed by atoms with E-state index in [1.807, 2.05) is 0 Å². The van der Waals surface area contributed by atoms with E-state index in [-0.39, 0.29) is 11.5 Å². The molecule has 0 fully saturated rings. The van der Waals surface area contributed by atoms with Gasteiger partial charge in [-0.3, -0.25) is 4.79 Å². The van der Waals surface area contributed by atoms with Crippen molar-refractivity contribution in [3.63, 3.8) is 0 Å². The van der Waals surface area contributed by atoms with Crippen LogP contribution in [0, 0.1) is 0 Å². The number of rotatable bonds is 1. The molecule has 0 radical (unpaired) electrons. The smallest absolute Gasteiger partial charge is 0.352 e. The highest BCUT2D eigenvalue weighted by Gasteiger charge is 2.23. The third kappa shape index (κ3) is 0.845. The number of aromatic nitrogens is 1. The van der Waals surface area contributed by atoms with Crippen molar-refractivity contribution < 1.29 is 14.7 Å². The SMILES string of the molecule is O=C(O)c1cc2c([nH]1)CCC2=O. The summed E-state index contributed by atoms with van der Waals surface area (Å²) < 4.78 is 0. The number of carboxylic acid groups (broad SMARTS) is 1. The van der Waals surface area contributed by atoms with Gasteiger partial charge in [-0.2, -0.15) is 0 Å². The summed E-state index contributed by atoms with van der Waals surface area (Å²) in [4.78, 5) is 24.3. The Kier molecular flexibility index (Phi) is 1.30. The molecule has 1 aromatic rings. The summed E-state index contributed by atoms with van der Waals surface area (Å²) in [6.45, 7) is 0. The topological polar surface area (TPSA) is 70.2 Å². The molecular formula is C8H7NO3. The number of aryl methyl sites for hydroxylation is 1. The maximum Gasteiger partial charge on any atom is 0.352 e. The number of hydrogen-bond acceptors (Lipinski definition) is 2. The Bertz CT molecular complexity index is 364. The van der Waals surface area contributed by atoms with Gasteiger partial charge in [-0.25, -0.2) is 4.79 Å². The lowest BCUT2D eigenvalue weighted by atomic mass is 10.2. The molecule has 0 spiro atoms. The predicted octanol–water partition coefficient (Wildman–Crippen LogP) is 0.842. The lowest BCUT2D eigenvalue weighted by molar-refractivity contribution is 0.0691. The Hall–Kier alpha value is -1.58. The summed E-state index contributed by atoms with van der Waals surface area (Å²) in [5.74, 6) is -0.981. The number of fused-ring (bicyclic) bond motifs is 1. The van der Waals surface area contributed by atoms with Crippen molar-refractivity contribution >= 4 is 11.8 Å². The lowest BCUT2D eigenvalue weighted by Gasteiger charge is -1.87. The summed E-state index contributed by atoms with van der Waals surface area (Å²) in [5.41, 5.74) is 1.41. The molecule has 0 amide bonds. The van der Waals surface area contributed by atoms with Crippen LogP contribution in [0.1, 0.15) is 33.0 Å². The molecule has 2 rings (SSSR count). The second-order valence-corrected chi connectivity index (χ2v) is 2.80. The minimum Gasteiger partial charge on any atom is -0.477 e. The molecule has 0 bridgehead atoms. The highest BCUT2D eigenvalue weighted by Crippen LogP contribution is 2.22. The first-order valence-corrected chi connectivity index (χ1v) is 3.67. The maximum absolute atomic E-state index is 11.1. The molecule has 0 unspecified atom stereocenters. The zero-order chi connectivity index (χ0) is 8.72. The van der Waals surface area contributed by atoms with Crippen LogP contribution in [0.4, 0.5) is 0 Å². The zero-order valence-electron chi connectivity index (χ0n) is 6.26. The molecule has 62 valence electrons. The van der Waals surface area contributed by atoms with Crippen molar-refractivity contribution in [3.8, 4) is 0 Å². The number of aromatic carboxylic acids is 1. The van der Waals surface area contributed by atoms with Crippen molar-refractivity contribution in [2.24, 2.45) is 0 Å². The number of nitrogens with one attached hydrogen (secondary N) is 1. The largest absolute Gasteiger partial charge is 0.477 e. The number of carbonyl (C=O) groups excluding carboxylic acids is 1. The Morgan fingerprint density at radius 2 is 2.25 bits per heavy atom. The van der Waals surface area contributed by atoms with Crippen LogP contribution >= 0.6 is 0 Å². The van der Waals surface area contributed by atoms with E-state index in [0.29, 0.717) is 18.4 Å². The minimum absolute atomic E-state index is 0.0359. The predicted molar refractivity (Wildman–Crippen MR) is 40.4 cm³/mol. The van der Waals surface area contributed by atoms with E-state index >= 15 is 0 Å². The summed E-state index contributed by atoms with van der Waals surface area (Å²) in [6, 6.07) is 1.41. The van der Waals surface area contributed by atoms with E-state index < -0.39 is 5.97 Å². The number of H-pyrrole nitrogens is 1. The summed E-state index contributed by atoms with van der Waals surface area (Å²) in [5, 5.41) is 8.59. The quantitative estimate of drug-likeness (QED) is 0.647. The van der Waals surface area contributed by atoms with E-state index in [9.17, 15) is 9.59 Å². The van der Waals surface area contributed by atoms with Gasteiger partial charge in [0.05, 0.1) is 0 Å². The highest BCUT2D eigenvalue weighted by molar-refractivity contribution is 6.02. The van der Waals surface area contributed by atoms with Gasteiger partial charge in [0.1, 0.15) is 5.69 Å². The molecule has 1 aliphatic rings. The van der Waals surface area contributed by atoms with Crippen LogP contribution in [0.2, 0.25) is 0 Å². The number of hydrogen-bond donors (Lipinski definition) is 2. The van der Waals surface area contributed by atoms with Crippen LogP contribution < -0.4 is 0 Å². The first-order valence-electron chi connectivity index (χ1n) is 3.67. The van der Waals surface area contributed by atoms with Gasteiger partial charge >= 0.3 is 5.97 Å². The van der Waals surface area contributed by atoms with Gasteiger partial charge in [-0.1, -0.05) is 0 Å². The van der Waals surface area contributed by atoms with Crippen molar-refractivity contribution in [1.29, 1.82) is 0 Å². The van der Waals surface area contributed by atoms with Gasteiger partial charge < -0.3 is 10.1 Å². The van der Waals surface area contributed by atoms with Gasteiger partial charge in [0.2, 0.25) is 0 Å². The fourth-order valence-corrected chi connectivity index (χ4v) is 1.43. The molecule has 0 aromatic carbocycles. The lowest BCUT2D eigenvalue weighted by Crippen LogP contribution is -1.97. The van der Waals surface area contributed by atoms with Gasteiger partial charge in [-0.15, -0.1) is 0 Å². The normalized spacial score (nSPS) is 14.8. The minimum atomic E-state index is -1.02. The molecule has 12 heavy (non-hydrogen) atoms. The third-order valence-electron chi connectivity index (χ3n) is 2.03. The Balaban J connectivity index is 2.49. The monoisotopic (exact) mass is 165 g/mol. The second-order valence-electron chi connectivity index (χ2n) is 2.80. The van der Waals surface area contributed by atoms with E-state index in [1.165, 1.54) is 6.07 Å². The third-order valence-corrected chi connectivity index (χ3v) is 2.03. The fraction of sp³-hybridized carbons (Fsp3) is 0.250. The number of carboxylic acids is 1. The molecule has 2 N–H and O–H groups in total. The second kappa shape index (κ2) is 2.20. The van der Waals surface area contributed by atoms with Crippen molar-refractivity contribution in [3.05, 3.63) is 23.0 Å². The molecule has 4 heteroatoms. The van der Waals surface area contributed by atoms with Crippen molar-refractivity contribution in [1.82, 2.24) is 4.98 Å². The van der Waals surface area contributed by atoms with Crippen LogP contribution in [-0.2, 0) is 6.42 Å². The summed E-state index contributed by atoms with van der Waals surface area (Å²) >= 11 is 0. The van der Waals surface area contributed by atoms with Gasteiger partial charge in [0.15, 0.2) is 5.78 Å². The fourth-order valence-electron chi connectivity index (χ4n) is 1.43. The van der Waals surface area contributed by atoms with E-state index in [0.717, 1.165) is 5.69 Å². The van der Waals surface area contributed by atoms with Crippen LogP contribution in [0.3, 0.4) is 0 Å². The molecule has 0 saturated heterocycles. The van der Waals surface area contributed by atoms with Gasteiger partial charge in [0, 0.05) is 17.7 Å². The van der Waals surface area contributed by atoms with E-state index in [4.69, 9.17) is 5.11 Å². The molecular weight excluding hydrogens is 158 g/mol. The van der Waals surface area contributed by atoms with E-state index in [1.54, 1.807) is 0 Å². The molecule has 0 saturated carbocycles. The molecule has 1 aromatic heterocycles. The Morgan fingerprint density at radius 1 is 1.50 bits per heavy atom. The average molecular weight is 165 g/mol. The average Bonchev–Trinajstić information content (AvgIpc) is 2.53. The zero-order valence-corrected chi connectivity index (χ0v) is 6.26. The van der Waals surface area contributed by atoms with Crippen LogP contribution in [0.15, 0.2) is 6.07 Å². The number of aromatic amines is 1. The number of Topliss-reactive ketones (excluding diaryl/α,β-unsaturated/α-hetero) is 1. The van der Waals surface area contributed by atoms with Crippen LogP contribution in [0.5, 0.6) is 0 Å². The molecule has 1 heterocycles. The first-order chi connectivity index (χ1) is 5.68. The number of ketones is 1. The first kappa shape index (κ1) is 7.09. The van der Waals surface area contributed by atoms with Gasteiger partial charge in [0.25, 0.3) is 0 Å². The Morgan fingerprint density at radius 3 is 2.83 bits per heavy atom. The Labute approximate surface area is 68.2 Å². The number of carbonyl (C=O) groups is 2. The molecule has 0 atom stereocenters. The van der Waals surface area contributed by atoms with Crippen LogP contribution in [0.25, 0.3) is 0 Å². The summed E-state index contributed by atoms with van der Waals surface area (Å²) in [6.07, 6.45) is 1.14. The van der Waals surface area contributed by atoms with Crippen molar-refractivity contribution in [2.45, 2.75) is 12.8 Å². The molecule has 4 nitrogen and oxygen atoms in total.